The van der Waals surface area contributed by atoms with Crippen LogP contribution in [-0.4, -0.2) is 29.9 Å². The van der Waals surface area contributed by atoms with Gasteiger partial charge in [-0.2, -0.15) is 0 Å². The molecule has 1 amide bonds. The minimum Gasteiger partial charge on any atom is -0.497 e. The molecule has 1 unspecified atom stereocenters. The number of benzene rings is 1. The van der Waals surface area contributed by atoms with E-state index in [1.807, 2.05) is 18.2 Å². The molecule has 0 spiro atoms. The van der Waals surface area contributed by atoms with E-state index >= 15 is 0 Å². The Morgan fingerprint density at radius 3 is 2.89 bits per heavy atom. The largest absolute Gasteiger partial charge is 0.497 e. The molecule has 1 aliphatic heterocycles. The van der Waals surface area contributed by atoms with Gasteiger partial charge in [0.2, 0.25) is 5.91 Å². The number of methoxy groups -OCH3 is 1. The molecule has 0 aromatic heterocycles. The van der Waals surface area contributed by atoms with E-state index in [1.165, 1.54) is 18.7 Å². The van der Waals surface area contributed by atoms with Crippen molar-refractivity contribution < 1.29 is 14.3 Å². The molecule has 0 bridgehead atoms. The number of nitrogens with zero attached hydrogens (tertiary/aromatic N) is 1. The topological polar surface area (TPSA) is 46.6 Å². The van der Waals surface area contributed by atoms with Crippen molar-refractivity contribution >= 4 is 44.4 Å². The molecule has 1 heterocycles. The molecule has 1 atom stereocenters. The molecule has 19 heavy (non-hydrogen) atoms. The normalized spacial score (nSPS) is 18.8. The zero-order valence-electron chi connectivity index (χ0n) is 10.7. The number of thioether (sulfide) groups is 1. The Balaban J connectivity index is 2.22. The summed E-state index contributed by atoms with van der Waals surface area (Å²) in [5.74, 6) is 0.737. The fourth-order valence-electron chi connectivity index (χ4n) is 2.05. The van der Waals surface area contributed by atoms with Gasteiger partial charge in [0.05, 0.1) is 12.8 Å². The number of hydrogen-bond donors (Lipinski definition) is 0. The van der Waals surface area contributed by atoms with Crippen molar-refractivity contribution in [3.63, 3.8) is 0 Å². The highest BCUT2D eigenvalue weighted by molar-refractivity contribution is 9.10. The Morgan fingerprint density at radius 2 is 2.26 bits per heavy atom. The third-order valence-electron chi connectivity index (χ3n) is 2.87. The molecule has 1 aromatic rings. The van der Waals surface area contributed by atoms with Gasteiger partial charge in [-0.05, 0) is 28.1 Å². The summed E-state index contributed by atoms with van der Waals surface area (Å²) in [6, 6.07) is 5.51. The second kappa shape index (κ2) is 5.96. The Morgan fingerprint density at radius 1 is 1.53 bits per heavy atom. The molecule has 0 saturated carbocycles. The summed E-state index contributed by atoms with van der Waals surface area (Å²) in [6.07, 6.45) is 0.397. The maximum absolute atomic E-state index is 12.1. The van der Waals surface area contributed by atoms with Crippen LogP contribution in [0.5, 0.6) is 5.75 Å². The van der Waals surface area contributed by atoms with E-state index in [1.54, 1.807) is 12.0 Å². The molecule has 0 N–H and O–H groups in total. The van der Waals surface area contributed by atoms with Gasteiger partial charge in [0.1, 0.15) is 5.75 Å². The van der Waals surface area contributed by atoms with Crippen LogP contribution in [0.25, 0.3) is 0 Å². The summed E-state index contributed by atoms with van der Waals surface area (Å²) in [5.41, 5.74) is 0.788. The number of anilines is 1. The lowest BCUT2D eigenvalue weighted by Gasteiger charge is -2.19. The molecule has 0 radical (unpaired) electrons. The third-order valence-corrected chi connectivity index (χ3v) is 4.52. The minimum absolute atomic E-state index is 0.0306. The number of carbonyl (C=O) groups excluding carboxylic acids is 2. The van der Waals surface area contributed by atoms with Gasteiger partial charge in [0.25, 0.3) is 0 Å². The van der Waals surface area contributed by atoms with E-state index < -0.39 is 0 Å². The highest BCUT2D eigenvalue weighted by Gasteiger charge is 2.32. The summed E-state index contributed by atoms with van der Waals surface area (Å²) >= 11 is 4.68. The smallest absolute Gasteiger partial charge is 0.228 e. The van der Waals surface area contributed by atoms with Crippen LogP contribution < -0.4 is 9.64 Å². The summed E-state index contributed by atoms with van der Waals surface area (Å²) in [4.78, 5) is 24.9. The summed E-state index contributed by atoms with van der Waals surface area (Å²) in [5, 5.41) is 0.0764. The molecule has 6 heteroatoms. The van der Waals surface area contributed by atoms with Crippen LogP contribution in [0.3, 0.4) is 0 Å². The molecule has 0 aliphatic carbocycles. The zero-order valence-corrected chi connectivity index (χ0v) is 13.1. The predicted octanol–water partition coefficient (Wildman–Crippen LogP) is 2.84. The van der Waals surface area contributed by atoms with Crippen LogP contribution in [0.15, 0.2) is 22.7 Å². The van der Waals surface area contributed by atoms with Crippen molar-refractivity contribution in [3.05, 3.63) is 22.7 Å². The van der Waals surface area contributed by atoms with Crippen LogP contribution in [-0.2, 0) is 9.59 Å². The van der Waals surface area contributed by atoms with Crippen molar-refractivity contribution in [1.82, 2.24) is 0 Å². The number of amides is 1. The van der Waals surface area contributed by atoms with Gasteiger partial charge in [0, 0.05) is 35.7 Å². The lowest BCUT2D eigenvalue weighted by atomic mass is 10.3. The van der Waals surface area contributed by atoms with Gasteiger partial charge < -0.3 is 9.64 Å². The van der Waals surface area contributed by atoms with Gasteiger partial charge in [-0.25, -0.2) is 0 Å². The van der Waals surface area contributed by atoms with Crippen LogP contribution >= 0.6 is 27.7 Å². The first kappa shape index (κ1) is 14.4. The number of ether oxygens (including phenoxy) is 1. The average Bonchev–Trinajstić information content (AvgIpc) is 2.70. The van der Waals surface area contributed by atoms with Crippen molar-refractivity contribution in [2.75, 3.05) is 18.6 Å². The molecule has 1 aliphatic rings. The van der Waals surface area contributed by atoms with E-state index in [0.717, 1.165) is 10.2 Å². The summed E-state index contributed by atoms with van der Waals surface area (Å²) in [6.45, 7) is 2.08. The van der Waals surface area contributed by atoms with Crippen molar-refractivity contribution in [2.24, 2.45) is 0 Å². The molecule has 1 aromatic carbocycles. The summed E-state index contributed by atoms with van der Waals surface area (Å²) in [7, 11) is 1.59. The molecule has 2 rings (SSSR count). The quantitative estimate of drug-likeness (QED) is 0.846. The van der Waals surface area contributed by atoms with E-state index in [0.29, 0.717) is 18.7 Å². The Hall–Kier alpha value is -1.01. The van der Waals surface area contributed by atoms with E-state index in [9.17, 15) is 9.59 Å². The van der Waals surface area contributed by atoms with Crippen molar-refractivity contribution in [2.45, 2.75) is 18.6 Å². The maximum Gasteiger partial charge on any atom is 0.228 e. The highest BCUT2D eigenvalue weighted by atomic mass is 79.9. The maximum atomic E-state index is 12.1. The minimum atomic E-state index is 0.0306. The molecule has 4 nitrogen and oxygen atoms in total. The van der Waals surface area contributed by atoms with Gasteiger partial charge in [-0.15, -0.1) is 0 Å². The number of rotatable bonds is 3. The second-order valence-electron chi connectivity index (χ2n) is 4.26. The number of carbonyl (C=O) groups is 2. The predicted molar refractivity (Wildman–Crippen MR) is 79.7 cm³/mol. The van der Waals surface area contributed by atoms with Crippen LogP contribution in [0, 0.1) is 0 Å². The lowest BCUT2D eigenvalue weighted by molar-refractivity contribution is -0.117. The molecule has 102 valence electrons. The van der Waals surface area contributed by atoms with Crippen molar-refractivity contribution in [3.8, 4) is 5.75 Å². The van der Waals surface area contributed by atoms with E-state index in [4.69, 9.17) is 4.74 Å². The number of hydrogen-bond acceptors (Lipinski definition) is 4. The highest BCUT2D eigenvalue weighted by Crippen LogP contribution is 2.35. The van der Waals surface area contributed by atoms with Crippen molar-refractivity contribution in [1.29, 1.82) is 0 Å². The van der Waals surface area contributed by atoms with Gasteiger partial charge >= 0.3 is 0 Å². The monoisotopic (exact) mass is 343 g/mol. The molecular weight excluding hydrogens is 330 g/mol. The Labute approximate surface area is 124 Å². The van der Waals surface area contributed by atoms with Crippen LogP contribution in [0.2, 0.25) is 0 Å². The second-order valence-corrected chi connectivity index (χ2v) is 6.59. The average molecular weight is 344 g/mol. The fraction of sp³-hybridized carbons (Fsp3) is 0.385. The standard InChI is InChI=1S/C13H14BrNO3S/c1-8(16)19-10-6-13(17)15(7-10)12-5-9(18-2)3-4-11(12)14/h3-5,10H,6-7H2,1-2H3. The van der Waals surface area contributed by atoms with Gasteiger partial charge in [0.15, 0.2) is 5.12 Å². The Bertz CT molecular complexity index is 521. The lowest BCUT2D eigenvalue weighted by Crippen LogP contribution is -2.25. The van der Waals surface area contributed by atoms with Gasteiger partial charge in [-0.3, -0.25) is 9.59 Å². The molecule has 1 saturated heterocycles. The summed E-state index contributed by atoms with van der Waals surface area (Å²) < 4.78 is 6.02. The van der Waals surface area contributed by atoms with Crippen LogP contribution in [0.4, 0.5) is 5.69 Å². The Kier molecular flexibility index (Phi) is 4.52. The molecular formula is C13H14BrNO3S. The number of halogens is 1. The van der Waals surface area contributed by atoms with E-state index in [-0.39, 0.29) is 16.3 Å². The SMILES string of the molecule is COc1ccc(Br)c(N2CC(SC(C)=O)CC2=O)c1. The van der Waals surface area contributed by atoms with E-state index in [2.05, 4.69) is 15.9 Å². The van der Waals surface area contributed by atoms with Crippen LogP contribution in [0.1, 0.15) is 13.3 Å². The third kappa shape index (κ3) is 3.30. The fourth-order valence-corrected chi connectivity index (χ4v) is 3.43. The first-order chi connectivity index (χ1) is 9.01. The first-order valence-electron chi connectivity index (χ1n) is 5.82. The van der Waals surface area contributed by atoms with Gasteiger partial charge in [-0.1, -0.05) is 11.8 Å². The first-order valence-corrected chi connectivity index (χ1v) is 7.49. The molecule has 1 fully saturated rings. The zero-order chi connectivity index (χ0) is 14.0.